The fourth-order valence-electron chi connectivity index (χ4n) is 6.08. The molecule has 0 unspecified atom stereocenters. The Morgan fingerprint density at radius 1 is 0.778 bits per heavy atom. The Bertz CT molecular complexity index is 1650. The van der Waals surface area contributed by atoms with Crippen LogP contribution in [0.1, 0.15) is 37.8 Å². The summed E-state index contributed by atoms with van der Waals surface area (Å²) < 4.78 is 5.60. The molecule has 1 aliphatic rings. The molecule has 1 saturated heterocycles. The van der Waals surface area contributed by atoms with Crippen molar-refractivity contribution in [1.82, 2.24) is 20.0 Å². The minimum absolute atomic E-state index is 0. The number of nitrogens with one attached hydrogen (secondary N) is 1. The maximum absolute atomic E-state index is 5.60. The van der Waals surface area contributed by atoms with Gasteiger partial charge in [0.15, 0.2) is 5.82 Å². The van der Waals surface area contributed by atoms with E-state index in [0.29, 0.717) is 6.04 Å². The first-order valence-corrected chi connectivity index (χ1v) is 15.3. The van der Waals surface area contributed by atoms with E-state index in [-0.39, 0.29) is 37.2 Å². The Kier molecular flexibility index (Phi) is 13.7. The summed E-state index contributed by atoms with van der Waals surface area (Å²) in [4.78, 5) is 4.98. The molecule has 1 N–H and O–H groups in total. The number of halogens is 3. The molecule has 2 heterocycles. The standard InChI is InChI=1S/C36H41N5O.3ClH/c1-4-40(5-2)24-26-10-14-29(15-11-26)35-33-17-16-32(42-3)23-34(33)36(39-38-35)37-31-18-20-41(21-19-31)25-27-12-13-28-8-6-7-9-30(28)22-27;;;/h6-17,22-23,31H,4-5,18-21,24-25H2,1-3H3,(H,37,39);3*1H. The fraction of sp³-hybridized carbons (Fsp3) is 0.333. The van der Waals surface area contributed by atoms with Gasteiger partial charge in [-0.05, 0) is 72.1 Å². The van der Waals surface area contributed by atoms with Crippen LogP contribution in [0.3, 0.4) is 0 Å². The molecule has 6 rings (SSSR count). The number of fused-ring (bicyclic) bond motifs is 2. The summed E-state index contributed by atoms with van der Waals surface area (Å²) >= 11 is 0. The van der Waals surface area contributed by atoms with E-state index in [1.54, 1.807) is 7.11 Å². The van der Waals surface area contributed by atoms with Gasteiger partial charge in [-0.15, -0.1) is 47.4 Å². The highest BCUT2D eigenvalue weighted by molar-refractivity contribution is 6.00. The molecule has 0 spiro atoms. The molecule has 1 fully saturated rings. The minimum atomic E-state index is 0. The van der Waals surface area contributed by atoms with Crippen molar-refractivity contribution in [2.75, 3.05) is 38.6 Å². The number of rotatable bonds is 10. The molecule has 45 heavy (non-hydrogen) atoms. The summed E-state index contributed by atoms with van der Waals surface area (Å²) in [6, 6.07) is 30.7. The molecule has 0 radical (unpaired) electrons. The Morgan fingerprint density at radius 2 is 1.47 bits per heavy atom. The van der Waals surface area contributed by atoms with Gasteiger partial charge >= 0.3 is 0 Å². The zero-order chi connectivity index (χ0) is 28.9. The van der Waals surface area contributed by atoms with E-state index in [1.165, 1.54) is 21.9 Å². The number of benzene rings is 4. The molecule has 4 aromatic carbocycles. The maximum Gasteiger partial charge on any atom is 0.156 e. The molecule has 0 saturated carbocycles. The lowest BCUT2D eigenvalue weighted by molar-refractivity contribution is 0.211. The highest BCUT2D eigenvalue weighted by Gasteiger charge is 2.21. The summed E-state index contributed by atoms with van der Waals surface area (Å²) in [6.07, 6.45) is 2.13. The van der Waals surface area contributed by atoms with E-state index >= 15 is 0 Å². The molecule has 5 aromatic rings. The molecule has 6 nitrogen and oxygen atoms in total. The Labute approximate surface area is 285 Å². The smallest absolute Gasteiger partial charge is 0.156 e. The van der Waals surface area contributed by atoms with E-state index in [1.807, 2.05) is 6.07 Å². The molecule has 9 heteroatoms. The number of nitrogens with zero attached hydrogens (tertiary/aromatic N) is 4. The van der Waals surface area contributed by atoms with Crippen LogP contribution in [0, 0.1) is 0 Å². The SMILES string of the molecule is CCN(CC)Cc1ccc(-c2nnc(NC3CCN(Cc4ccc5ccccc5c4)CC3)c3cc(OC)ccc23)cc1.Cl.Cl.Cl. The van der Waals surface area contributed by atoms with Crippen LogP contribution < -0.4 is 10.1 Å². The van der Waals surface area contributed by atoms with E-state index in [2.05, 4.69) is 108 Å². The normalized spacial score (nSPS) is 13.6. The minimum Gasteiger partial charge on any atom is -0.497 e. The lowest BCUT2D eigenvalue weighted by Crippen LogP contribution is -2.38. The average molecular weight is 669 g/mol. The number of methoxy groups -OCH3 is 1. The largest absolute Gasteiger partial charge is 0.497 e. The van der Waals surface area contributed by atoms with Crippen LogP contribution >= 0.6 is 37.2 Å². The first kappa shape index (κ1) is 36.3. The van der Waals surface area contributed by atoms with Crippen LogP contribution in [-0.2, 0) is 13.1 Å². The van der Waals surface area contributed by atoms with Gasteiger partial charge in [0.1, 0.15) is 11.4 Å². The third-order valence-electron chi connectivity index (χ3n) is 8.66. The van der Waals surface area contributed by atoms with E-state index in [4.69, 9.17) is 14.9 Å². The number of likely N-dealkylation sites (tertiary alicyclic amines) is 1. The number of ether oxygens (including phenoxy) is 1. The lowest BCUT2D eigenvalue weighted by atomic mass is 10.0. The number of anilines is 1. The van der Waals surface area contributed by atoms with E-state index in [0.717, 1.165) is 85.7 Å². The average Bonchev–Trinajstić information content (AvgIpc) is 3.04. The van der Waals surface area contributed by atoms with Gasteiger partial charge in [-0.1, -0.05) is 74.5 Å². The van der Waals surface area contributed by atoms with Crippen LogP contribution in [0.4, 0.5) is 5.82 Å². The molecular weight excluding hydrogens is 625 g/mol. The molecule has 1 aromatic heterocycles. The van der Waals surface area contributed by atoms with Crippen LogP contribution in [0.5, 0.6) is 5.75 Å². The van der Waals surface area contributed by atoms with E-state index < -0.39 is 0 Å². The van der Waals surface area contributed by atoms with Crippen molar-refractivity contribution in [3.05, 3.63) is 96.1 Å². The number of piperidine rings is 1. The van der Waals surface area contributed by atoms with Crippen LogP contribution in [0.25, 0.3) is 32.8 Å². The molecule has 1 aliphatic heterocycles. The molecular formula is C36H44Cl3N5O. The molecule has 0 aliphatic carbocycles. The maximum atomic E-state index is 5.60. The van der Waals surface area contributed by atoms with Crippen molar-refractivity contribution in [2.24, 2.45) is 0 Å². The number of hydrogen-bond donors (Lipinski definition) is 1. The molecule has 240 valence electrons. The molecule has 0 bridgehead atoms. The zero-order valence-corrected chi connectivity index (χ0v) is 28.7. The third-order valence-corrected chi connectivity index (χ3v) is 8.66. The second kappa shape index (κ2) is 17.0. The van der Waals surface area contributed by atoms with Crippen LogP contribution in [-0.4, -0.2) is 59.3 Å². The van der Waals surface area contributed by atoms with Crippen LogP contribution in [0.15, 0.2) is 84.9 Å². The van der Waals surface area contributed by atoms with Gasteiger partial charge in [-0.3, -0.25) is 9.80 Å². The van der Waals surface area contributed by atoms with Crippen molar-refractivity contribution in [1.29, 1.82) is 0 Å². The second-order valence-electron chi connectivity index (χ2n) is 11.3. The molecule has 0 amide bonds. The fourth-order valence-corrected chi connectivity index (χ4v) is 6.08. The van der Waals surface area contributed by atoms with Gasteiger partial charge in [0, 0.05) is 48.6 Å². The predicted octanol–water partition coefficient (Wildman–Crippen LogP) is 8.64. The summed E-state index contributed by atoms with van der Waals surface area (Å²) in [7, 11) is 1.71. The zero-order valence-electron chi connectivity index (χ0n) is 26.2. The molecule has 0 atom stereocenters. The first-order chi connectivity index (χ1) is 20.6. The first-order valence-electron chi connectivity index (χ1n) is 15.3. The van der Waals surface area contributed by atoms with Crippen LogP contribution in [0.2, 0.25) is 0 Å². The van der Waals surface area contributed by atoms with Crippen molar-refractivity contribution >= 4 is 64.6 Å². The predicted molar refractivity (Wildman–Crippen MR) is 196 cm³/mol. The van der Waals surface area contributed by atoms with Gasteiger partial charge < -0.3 is 10.1 Å². The summed E-state index contributed by atoms with van der Waals surface area (Å²) in [5.41, 5.74) is 4.67. The highest BCUT2D eigenvalue weighted by atomic mass is 35.5. The van der Waals surface area contributed by atoms with E-state index in [9.17, 15) is 0 Å². The monoisotopic (exact) mass is 667 g/mol. The number of hydrogen-bond acceptors (Lipinski definition) is 6. The van der Waals surface area contributed by atoms with Crippen molar-refractivity contribution in [2.45, 2.75) is 45.8 Å². The quantitative estimate of drug-likeness (QED) is 0.161. The van der Waals surface area contributed by atoms with Gasteiger partial charge in [-0.2, -0.15) is 0 Å². The summed E-state index contributed by atoms with van der Waals surface area (Å²) in [5.74, 6) is 1.66. The topological polar surface area (TPSA) is 53.5 Å². The second-order valence-corrected chi connectivity index (χ2v) is 11.3. The van der Waals surface area contributed by atoms with Gasteiger partial charge in [0.05, 0.1) is 7.11 Å². The highest BCUT2D eigenvalue weighted by Crippen LogP contribution is 2.33. The van der Waals surface area contributed by atoms with Crippen molar-refractivity contribution in [3.63, 3.8) is 0 Å². The Morgan fingerprint density at radius 3 is 2.16 bits per heavy atom. The summed E-state index contributed by atoms with van der Waals surface area (Å²) in [5, 5.41) is 18.0. The third kappa shape index (κ3) is 8.57. The summed E-state index contributed by atoms with van der Waals surface area (Å²) in [6.45, 7) is 10.6. The Balaban J connectivity index is 0.00000184. The van der Waals surface area contributed by atoms with Crippen molar-refractivity contribution in [3.8, 4) is 17.0 Å². The van der Waals surface area contributed by atoms with Gasteiger partial charge in [0.25, 0.3) is 0 Å². The van der Waals surface area contributed by atoms with Gasteiger partial charge in [-0.25, -0.2) is 0 Å². The lowest BCUT2D eigenvalue weighted by Gasteiger charge is -2.32. The van der Waals surface area contributed by atoms with Crippen molar-refractivity contribution < 1.29 is 4.74 Å². The number of aromatic nitrogens is 2. The Hall–Kier alpha value is -3.13. The van der Waals surface area contributed by atoms with Gasteiger partial charge in [0.2, 0.25) is 0 Å².